The Morgan fingerprint density at radius 1 is 1.26 bits per heavy atom. The molecule has 5 heteroatoms. The molecule has 0 atom stereocenters. The Bertz CT molecular complexity index is 623. The van der Waals surface area contributed by atoms with Gasteiger partial charge < -0.3 is 10.5 Å². The number of nitrogen functional groups attached to an aromatic ring is 1. The van der Waals surface area contributed by atoms with Crippen LogP contribution in [0.5, 0.6) is 11.5 Å². The topological polar surface area (TPSA) is 59.1 Å². The van der Waals surface area contributed by atoms with Crippen LogP contribution >= 0.6 is 15.9 Å². The first-order chi connectivity index (χ1) is 8.95. The number of halogens is 2. The van der Waals surface area contributed by atoms with E-state index in [0.29, 0.717) is 21.5 Å². The highest BCUT2D eigenvalue weighted by molar-refractivity contribution is 9.10. The predicted octanol–water partition coefficient (Wildman–Crippen LogP) is 3.97. The molecule has 0 fully saturated rings. The van der Waals surface area contributed by atoms with Gasteiger partial charge in [0, 0.05) is 10.5 Å². The molecule has 0 aliphatic carbocycles. The van der Waals surface area contributed by atoms with Crippen molar-refractivity contribution >= 4 is 21.8 Å². The standard InChI is InChI=1S/C14H12BrFN2O/c1-8-2-3-13(12(4-8)14(17)18)19-11-6-9(15)5-10(16)7-11/h2-7H,1H3,(H3,17,18). The third-order valence-electron chi connectivity index (χ3n) is 2.49. The maximum atomic E-state index is 13.3. The third-order valence-corrected chi connectivity index (χ3v) is 2.95. The molecule has 0 aliphatic rings. The van der Waals surface area contributed by atoms with Crippen molar-refractivity contribution in [2.24, 2.45) is 5.73 Å². The van der Waals surface area contributed by atoms with Gasteiger partial charge in [0.15, 0.2) is 0 Å². The second kappa shape index (κ2) is 5.40. The van der Waals surface area contributed by atoms with Gasteiger partial charge in [0.2, 0.25) is 0 Å². The molecule has 19 heavy (non-hydrogen) atoms. The lowest BCUT2D eigenvalue weighted by Gasteiger charge is -2.11. The van der Waals surface area contributed by atoms with Crippen molar-refractivity contribution in [3.63, 3.8) is 0 Å². The monoisotopic (exact) mass is 322 g/mol. The average Bonchev–Trinajstić information content (AvgIpc) is 2.30. The number of benzene rings is 2. The Balaban J connectivity index is 2.40. The van der Waals surface area contributed by atoms with Gasteiger partial charge in [0.1, 0.15) is 23.2 Å². The van der Waals surface area contributed by atoms with E-state index in [1.54, 1.807) is 18.2 Å². The second-order valence-electron chi connectivity index (χ2n) is 4.12. The molecule has 0 aliphatic heterocycles. The summed E-state index contributed by atoms with van der Waals surface area (Å²) in [6, 6.07) is 9.57. The van der Waals surface area contributed by atoms with Crippen LogP contribution in [-0.4, -0.2) is 5.84 Å². The Morgan fingerprint density at radius 2 is 2.00 bits per heavy atom. The molecular formula is C14H12BrFN2O. The molecule has 0 spiro atoms. The largest absolute Gasteiger partial charge is 0.456 e. The van der Waals surface area contributed by atoms with Crippen molar-refractivity contribution in [1.29, 1.82) is 5.41 Å². The molecule has 0 bridgehead atoms. The molecule has 0 heterocycles. The molecule has 2 rings (SSSR count). The lowest BCUT2D eigenvalue weighted by Crippen LogP contribution is -2.12. The summed E-state index contributed by atoms with van der Waals surface area (Å²) in [5, 5.41) is 7.54. The highest BCUT2D eigenvalue weighted by Gasteiger charge is 2.09. The summed E-state index contributed by atoms with van der Waals surface area (Å²) >= 11 is 3.20. The van der Waals surface area contributed by atoms with E-state index in [1.165, 1.54) is 12.1 Å². The van der Waals surface area contributed by atoms with E-state index in [0.717, 1.165) is 5.56 Å². The van der Waals surface area contributed by atoms with Crippen LogP contribution in [0.25, 0.3) is 0 Å². The van der Waals surface area contributed by atoms with E-state index < -0.39 is 5.82 Å². The van der Waals surface area contributed by atoms with Gasteiger partial charge in [-0.2, -0.15) is 0 Å². The number of hydrogen-bond donors (Lipinski definition) is 2. The van der Waals surface area contributed by atoms with Crippen molar-refractivity contribution < 1.29 is 9.13 Å². The Hall–Kier alpha value is -1.88. The highest BCUT2D eigenvalue weighted by Crippen LogP contribution is 2.28. The van der Waals surface area contributed by atoms with Gasteiger partial charge in [0.05, 0.1) is 5.56 Å². The lowest BCUT2D eigenvalue weighted by molar-refractivity contribution is 0.475. The minimum absolute atomic E-state index is 0.0887. The van der Waals surface area contributed by atoms with Crippen LogP contribution in [0.2, 0.25) is 0 Å². The normalized spacial score (nSPS) is 10.3. The fourth-order valence-corrected chi connectivity index (χ4v) is 2.10. The number of aryl methyl sites for hydroxylation is 1. The molecule has 0 amide bonds. The number of nitrogens with one attached hydrogen (secondary N) is 1. The van der Waals surface area contributed by atoms with Gasteiger partial charge in [-0.1, -0.05) is 27.6 Å². The first kappa shape index (κ1) is 13.5. The molecule has 0 saturated carbocycles. The minimum Gasteiger partial charge on any atom is -0.456 e. The third kappa shape index (κ3) is 3.32. The van der Waals surface area contributed by atoms with Crippen LogP contribution in [0.15, 0.2) is 40.9 Å². The molecular weight excluding hydrogens is 311 g/mol. The number of nitrogens with two attached hydrogens (primary N) is 1. The van der Waals surface area contributed by atoms with Gasteiger partial charge in [0.25, 0.3) is 0 Å². The smallest absolute Gasteiger partial charge is 0.138 e. The van der Waals surface area contributed by atoms with Crippen LogP contribution in [-0.2, 0) is 0 Å². The van der Waals surface area contributed by atoms with Gasteiger partial charge in [-0.25, -0.2) is 4.39 Å². The lowest BCUT2D eigenvalue weighted by atomic mass is 10.1. The highest BCUT2D eigenvalue weighted by atomic mass is 79.9. The number of rotatable bonds is 3. The summed E-state index contributed by atoms with van der Waals surface area (Å²) in [5.74, 6) is 0.281. The van der Waals surface area contributed by atoms with Crippen molar-refractivity contribution in [2.75, 3.05) is 0 Å². The number of amidine groups is 1. The molecule has 3 nitrogen and oxygen atoms in total. The quantitative estimate of drug-likeness (QED) is 0.663. The zero-order valence-electron chi connectivity index (χ0n) is 10.2. The Morgan fingerprint density at radius 3 is 2.63 bits per heavy atom. The van der Waals surface area contributed by atoms with Crippen molar-refractivity contribution in [3.8, 4) is 11.5 Å². The number of ether oxygens (including phenoxy) is 1. The summed E-state index contributed by atoms with van der Waals surface area (Å²) < 4.78 is 19.5. The molecule has 3 N–H and O–H groups in total. The average molecular weight is 323 g/mol. The molecule has 0 aromatic heterocycles. The first-order valence-corrected chi connectivity index (χ1v) is 6.34. The van der Waals surface area contributed by atoms with Gasteiger partial charge in [-0.05, 0) is 31.2 Å². The molecule has 98 valence electrons. The molecule has 2 aromatic carbocycles. The summed E-state index contributed by atoms with van der Waals surface area (Å²) in [6.07, 6.45) is 0. The maximum absolute atomic E-state index is 13.3. The zero-order valence-corrected chi connectivity index (χ0v) is 11.8. The Labute approximate surface area is 118 Å². The van der Waals surface area contributed by atoms with Gasteiger partial charge in [-0.15, -0.1) is 0 Å². The second-order valence-corrected chi connectivity index (χ2v) is 5.04. The summed E-state index contributed by atoms with van der Waals surface area (Å²) in [6.45, 7) is 1.90. The SMILES string of the molecule is Cc1ccc(Oc2cc(F)cc(Br)c2)c(C(=N)N)c1. The van der Waals surface area contributed by atoms with Crippen LogP contribution < -0.4 is 10.5 Å². The summed E-state index contributed by atoms with van der Waals surface area (Å²) in [5.41, 5.74) is 6.97. The van der Waals surface area contributed by atoms with E-state index >= 15 is 0 Å². The molecule has 0 unspecified atom stereocenters. The van der Waals surface area contributed by atoms with Crippen molar-refractivity contribution in [2.45, 2.75) is 6.92 Å². The predicted molar refractivity (Wildman–Crippen MR) is 76.4 cm³/mol. The minimum atomic E-state index is -0.402. The van der Waals surface area contributed by atoms with Gasteiger partial charge >= 0.3 is 0 Å². The zero-order chi connectivity index (χ0) is 14.0. The molecule has 2 aromatic rings. The van der Waals surface area contributed by atoms with Crippen LogP contribution in [0.1, 0.15) is 11.1 Å². The maximum Gasteiger partial charge on any atom is 0.138 e. The molecule has 0 saturated heterocycles. The van der Waals surface area contributed by atoms with E-state index in [4.69, 9.17) is 15.9 Å². The molecule has 0 radical (unpaired) electrons. The van der Waals surface area contributed by atoms with E-state index in [1.807, 2.05) is 13.0 Å². The van der Waals surface area contributed by atoms with E-state index in [-0.39, 0.29) is 5.84 Å². The van der Waals surface area contributed by atoms with Crippen molar-refractivity contribution in [3.05, 3.63) is 57.8 Å². The van der Waals surface area contributed by atoms with E-state index in [2.05, 4.69) is 15.9 Å². The number of hydrogen-bond acceptors (Lipinski definition) is 2. The van der Waals surface area contributed by atoms with E-state index in [9.17, 15) is 4.39 Å². The van der Waals surface area contributed by atoms with Crippen LogP contribution in [0.4, 0.5) is 4.39 Å². The Kier molecular flexibility index (Phi) is 3.85. The first-order valence-electron chi connectivity index (χ1n) is 5.54. The summed E-state index contributed by atoms with van der Waals surface area (Å²) in [7, 11) is 0. The summed E-state index contributed by atoms with van der Waals surface area (Å²) in [4.78, 5) is 0. The van der Waals surface area contributed by atoms with Gasteiger partial charge in [-0.3, -0.25) is 5.41 Å². The fourth-order valence-electron chi connectivity index (χ4n) is 1.66. The van der Waals surface area contributed by atoms with Crippen LogP contribution in [0.3, 0.4) is 0 Å². The fraction of sp³-hybridized carbons (Fsp3) is 0.0714. The van der Waals surface area contributed by atoms with Crippen LogP contribution in [0, 0.1) is 18.2 Å². The van der Waals surface area contributed by atoms with Crippen molar-refractivity contribution in [1.82, 2.24) is 0 Å².